The summed E-state index contributed by atoms with van der Waals surface area (Å²) >= 11 is 0. The van der Waals surface area contributed by atoms with Crippen molar-refractivity contribution in [1.82, 2.24) is 4.57 Å². The molecule has 30 heavy (non-hydrogen) atoms. The van der Waals surface area contributed by atoms with Crippen molar-refractivity contribution in [3.05, 3.63) is 53.6 Å². The van der Waals surface area contributed by atoms with Crippen LogP contribution in [0.3, 0.4) is 0 Å². The van der Waals surface area contributed by atoms with Gasteiger partial charge in [-0.2, -0.15) is 0 Å². The maximum absolute atomic E-state index is 12.3. The largest absolute Gasteiger partial charge is 0.493 e. The molecule has 1 N–H and O–H groups in total. The van der Waals surface area contributed by atoms with E-state index in [1.807, 2.05) is 54.0 Å². The van der Waals surface area contributed by atoms with Gasteiger partial charge in [-0.3, -0.25) is 4.79 Å². The molecule has 3 rings (SSSR count). The van der Waals surface area contributed by atoms with E-state index in [9.17, 15) is 9.90 Å². The molecule has 0 aliphatic heterocycles. The molecule has 1 aromatic heterocycles. The SMILES string of the molecule is CCCCn1c(O)c(N=NC(=O)COc2cc(C)ccc2C(C)C)c2ccccc21. The summed E-state index contributed by atoms with van der Waals surface area (Å²) in [4.78, 5) is 12.3. The highest BCUT2D eigenvalue weighted by Crippen LogP contribution is 2.39. The number of hydrogen-bond donors (Lipinski definition) is 1. The van der Waals surface area contributed by atoms with Crippen molar-refractivity contribution in [3.8, 4) is 11.6 Å². The Bertz CT molecular complexity index is 1070. The van der Waals surface area contributed by atoms with Gasteiger partial charge in [0.2, 0.25) is 5.88 Å². The van der Waals surface area contributed by atoms with Gasteiger partial charge in [0.15, 0.2) is 12.3 Å². The van der Waals surface area contributed by atoms with Gasteiger partial charge in [0.25, 0.3) is 0 Å². The molecule has 0 aliphatic rings. The molecule has 0 atom stereocenters. The number of aryl methyl sites for hydroxylation is 2. The lowest BCUT2D eigenvalue weighted by atomic mass is 10.0. The van der Waals surface area contributed by atoms with E-state index < -0.39 is 5.91 Å². The van der Waals surface area contributed by atoms with E-state index >= 15 is 0 Å². The average Bonchev–Trinajstić information content (AvgIpc) is 2.99. The van der Waals surface area contributed by atoms with Crippen molar-refractivity contribution >= 4 is 22.5 Å². The number of aromatic hydroxyl groups is 1. The van der Waals surface area contributed by atoms with Gasteiger partial charge >= 0.3 is 5.91 Å². The summed E-state index contributed by atoms with van der Waals surface area (Å²) in [5, 5.41) is 19.3. The number of hydrogen-bond acceptors (Lipinski definition) is 4. The van der Waals surface area contributed by atoms with Gasteiger partial charge in [-0.15, -0.1) is 10.2 Å². The average molecular weight is 408 g/mol. The summed E-state index contributed by atoms with van der Waals surface area (Å²) in [5.41, 5.74) is 3.30. The number of ether oxygens (including phenoxy) is 1. The molecule has 0 bridgehead atoms. The van der Waals surface area contributed by atoms with Gasteiger partial charge in [-0.05, 0) is 42.5 Å². The van der Waals surface area contributed by atoms with Crippen LogP contribution >= 0.6 is 0 Å². The lowest BCUT2D eigenvalue weighted by Gasteiger charge is -2.13. The lowest BCUT2D eigenvalue weighted by molar-refractivity contribution is -0.120. The molecule has 3 aromatic rings. The Morgan fingerprint density at radius 3 is 2.70 bits per heavy atom. The molecule has 6 nitrogen and oxygen atoms in total. The second kappa shape index (κ2) is 9.57. The van der Waals surface area contributed by atoms with Crippen LogP contribution in [0.25, 0.3) is 10.9 Å². The van der Waals surface area contributed by atoms with E-state index in [-0.39, 0.29) is 18.4 Å². The zero-order valence-electron chi connectivity index (χ0n) is 18.1. The first kappa shape index (κ1) is 21.6. The third kappa shape index (κ3) is 4.70. The summed E-state index contributed by atoms with van der Waals surface area (Å²) in [5.74, 6) is 0.495. The molecule has 0 fully saturated rings. The Labute approximate surface area is 177 Å². The smallest absolute Gasteiger partial charge is 0.302 e. The van der Waals surface area contributed by atoms with E-state index in [1.54, 1.807) is 0 Å². The maximum atomic E-state index is 12.3. The molecular formula is C24H29N3O3. The predicted octanol–water partition coefficient (Wildman–Crippen LogP) is 6.27. The zero-order valence-corrected chi connectivity index (χ0v) is 18.1. The van der Waals surface area contributed by atoms with E-state index in [0.717, 1.165) is 34.9 Å². The normalized spacial score (nSPS) is 11.6. The second-order valence-electron chi connectivity index (χ2n) is 7.77. The quantitative estimate of drug-likeness (QED) is 0.447. The number of azo groups is 1. The number of unbranched alkanes of at least 4 members (excludes halogenated alkanes) is 1. The molecule has 2 aromatic carbocycles. The lowest BCUT2D eigenvalue weighted by Crippen LogP contribution is -2.09. The number of para-hydroxylation sites is 1. The van der Waals surface area contributed by atoms with Crippen LogP contribution in [0.5, 0.6) is 11.6 Å². The van der Waals surface area contributed by atoms with Crippen molar-refractivity contribution in [1.29, 1.82) is 0 Å². The Balaban J connectivity index is 1.78. The van der Waals surface area contributed by atoms with Crippen molar-refractivity contribution < 1.29 is 14.6 Å². The Morgan fingerprint density at radius 1 is 1.20 bits per heavy atom. The van der Waals surface area contributed by atoms with Crippen molar-refractivity contribution in [2.24, 2.45) is 10.2 Å². The Kier molecular flexibility index (Phi) is 6.87. The zero-order chi connectivity index (χ0) is 21.7. The molecule has 158 valence electrons. The summed E-state index contributed by atoms with van der Waals surface area (Å²) < 4.78 is 7.55. The Morgan fingerprint density at radius 2 is 1.97 bits per heavy atom. The first-order valence-corrected chi connectivity index (χ1v) is 10.4. The molecule has 0 spiro atoms. The van der Waals surface area contributed by atoms with Gasteiger partial charge in [0.05, 0.1) is 5.52 Å². The van der Waals surface area contributed by atoms with Crippen LogP contribution in [0.2, 0.25) is 0 Å². The fourth-order valence-electron chi connectivity index (χ4n) is 3.43. The number of aromatic nitrogens is 1. The van der Waals surface area contributed by atoms with Crippen LogP contribution < -0.4 is 4.74 Å². The highest BCUT2D eigenvalue weighted by molar-refractivity contribution is 5.95. The van der Waals surface area contributed by atoms with Gasteiger partial charge in [0, 0.05) is 11.9 Å². The fourth-order valence-corrected chi connectivity index (χ4v) is 3.43. The van der Waals surface area contributed by atoms with Gasteiger partial charge in [-0.1, -0.05) is 57.5 Å². The standard InChI is InChI=1S/C24H29N3O3/c1-5-6-13-27-20-10-8-7-9-19(20)23(24(27)29)26-25-22(28)15-30-21-14-17(4)11-12-18(21)16(2)3/h7-12,14,16,29H,5-6,13,15H2,1-4H3. The first-order chi connectivity index (χ1) is 14.4. The summed E-state index contributed by atoms with van der Waals surface area (Å²) in [6.07, 6.45) is 1.94. The molecule has 1 heterocycles. The molecule has 0 aliphatic carbocycles. The number of fused-ring (bicyclic) bond motifs is 1. The summed E-state index contributed by atoms with van der Waals surface area (Å²) in [6.45, 7) is 8.71. The van der Waals surface area contributed by atoms with E-state index in [0.29, 0.717) is 18.0 Å². The van der Waals surface area contributed by atoms with Gasteiger partial charge in [0.1, 0.15) is 5.75 Å². The number of nitrogens with zero attached hydrogens (tertiary/aromatic N) is 3. The van der Waals surface area contributed by atoms with Crippen molar-refractivity contribution in [3.63, 3.8) is 0 Å². The minimum Gasteiger partial charge on any atom is -0.493 e. The molecule has 0 unspecified atom stereocenters. The summed E-state index contributed by atoms with van der Waals surface area (Å²) in [7, 11) is 0. The number of amides is 1. The summed E-state index contributed by atoms with van der Waals surface area (Å²) in [6, 6.07) is 13.6. The number of benzene rings is 2. The molecular weight excluding hydrogens is 378 g/mol. The topological polar surface area (TPSA) is 76.2 Å². The second-order valence-corrected chi connectivity index (χ2v) is 7.77. The number of carbonyl (C=O) groups is 1. The van der Waals surface area contributed by atoms with Gasteiger partial charge < -0.3 is 14.4 Å². The third-order valence-electron chi connectivity index (χ3n) is 5.06. The fraction of sp³-hybridized carbons (Fsp3) is 0.375. The van der Waals surface area contributed by atoms with E-state index in [4.69, 9.17) is 4.74 Å². The Hall–Kier alpha value is -3.15. The highest BCUT2D eigenvalue weighted by Gasteiger charge is 2.16. The molecule has 1 amide bonds. The van der Waals surface area contributed by atoms with Crippen molar-refractivity contribution in [2.45, 2.75) is 53.0 Å². The minimum atomic E-state index is -0.504. The van der Waals surface area contributed by atoms with Crippen molar-refractivity contribution in [2.75, 3.05) is 6.61 Å². The van der Waals surface area contributed by atoms with Crippen LogP contribution in [0.1, 0.15) is 50.7 Å². The first-order valence-electron chi connectivity index (χ1n) is 10.4. The van der Waals surface area contributed by atoms with Crippen LogP contribution in [-0.4, -0.2) is 22.2 Å². The van der Waals surface area contributed by atoms with E-state index in [1.165, 1.54) is 0 Å². The van der Waals surface area contributed by atoms with Gasteiger partial charge in [-0.25, -0.2) is 0 Å². The van der Waals surface area contributed by atoms with Crippen LogP contribution in [0, 0.1) is 6.92 Å². The highest BCUT2D eigenvalue weighted by atomic mass is 16.5. The van der Waals surface area contributed by atoms with E-state index in [2.05, 4.69) is 31.0 Å². The number of rotatable bonds is 8. The molecule has 0 saturated carbocycles. The molecule has 0 radical (unpaired) electrons. The van der Waals surface area contributed by atoms with Crippen LogP contribution in [0.4, 0.5) is 5.69 Å². The number of carbonyl (C=O) groups excluding carboxylic acids is 1. The van der Waals surface area contributed by atoms with Crippen LogP contribution in [0.15, 0.2) is 52.7 Å². The molecule has 0 saturated heterocycles. The monoisotopic (exact) mass is 407 g/mol. The maximum Gasteiger partial charge on any atom is 0.302 e. The third-order valence-corrected chi connectivity index (χ3v) is 5.06. The predicted molar refractivity (Wildman–Crippen MR) is 119 cm³/mol. The van der Waals surface area contributed by atoms with Crippen LogP contribution in [-0.2, 0) is 11.3 Å². The minimum absolute atomic E-state index is 0.0305. The molecule has 6 heteroatoms.